The number of carboxylic acid groups (broad SMARTS) is 2. The Morgan fingerprint density at radius 2 is 1.90 bits per heavy atom. The Labute approximate surface area is 170 Å². The van der Waals surface area contributed by atoms with Crippen LogP contribution in [0.1, 0.15) is 11.4 Å². The Kier molecular flexibility index (Phi) is 6.23. The average Bonchev–Trinajstić information content (AvgIpc) is 3.40. The van der Waals surface area contributed by atoms with E-state index in [0.29, 0.717) is 0 Å². The zero-order valence-electron chi connectivity index (χ0n) is 15.8. The number of fused-ring (bicyclic) bond motifs is 1. The number of nitrogens with zero attached hydrogens (tertiary/aromatic N) is 3. The quantitative estimate of drug-likeness (QED) is 0.493. The van der Waals surface area contributed by atoms with E-state index in [4.69, 9.17) is 33.9 Å². The van der Waals surface area contributed by atoms with E-state index < -0.39 is 11.9 Å². The minimum absolute atomic E-state index is 0.776. The third kappa shape index (κ3) is 4.71. The van der Waals surface area contributed by atoms with E-state index in [1.54, 1.807) is 25.8 Å². The fourth-order valence-electron chi connectivity index (χ4n) is 2.58. The largest absolute Gasteiger partial charge is 0.497 e. The van der Waals surface area contributed by atoms with E-state index in [1.807, 2.05) is 59.2 Å². The second-order valence-electron chi connectivity index (χ2n) is 5.85. The Hall–Kier alpha value is -4.40. The van der Waals surface area contributed by atoms with Crippen LogP contribution in [0.15, 0.2) is 65.6 Å². The minimum Gasteiger partial charge on any atom is -0.497 e. The lowest BCUT2D eigenvalue weighted by atomic mass is 10.3. The predicted molar refractivity (Wildman–Crippen MR) is 108 cm³/mol. The highest BCUT2D eigenvalue weighted by molar-refractivity contribution is 6.27. The number of benzene rings is 1. The van der Waals surface area contributed by atoms with Crippen molar-refractivity contribution >= 4 is 35.1 Å². The number of carbonyl (C=O) groups is 2. The van der Waals surface area contributed by atoms with Gasteiger partial charge in [-0.25, -0.2) is 19.6 Å². The maximum atomic E-state index is 9.10. The summed E-state index contributed by atoms with van der Waals surface area (Å²) in [5, 5.41) is 14.8. The van der Waals surface area contributed by atoms with Crippen molar-refractivity contribution in [1.82, 2.24) is 14.5 Å². The van der Waals surface area contributed by atoms with Gasteiger partial charge in [0.25, 0.3) is 0 Å². The first kappa shape index (κ1) is 20.3. The van der Waals surface area contributed by atoms with Crippen LogP contribution in [0.3, 0.4) is 0 Å². The molecule has 0 radical (unpaired) electrons. The van der Waals surface area contributed by atoms with Crippen LogP contribution in [0, 0.1) is 0 Å². The highest BCUT2D eigenvalue weighted by atomic mass is 16.5. The van der Waals surface area contributed by atoms with Gasteiger partial charge in [-0.05, 0) is 42.5 Å². The lowest BCUT2D eigenvalue weighted by Gasteiger charge is -2.06. The fraction of sp³-hybridized carbons (Fsp3) is 0.0476. The molecule has 0 aliphatic rings. The maximum Gasteiger partial charge on any atom is 0.414 e. The number of hydrogen-bond acceptors (Lipinski definition) is 6. The number of imidazole rings is 1. The minimum atomic E-state index is -1.82. The van der Waals surface area contributed by atoms with Gasteiger partial charge in [0.15, 0.2) is 0 Å². The molecular formula is C21H17N3O6. The van der Waals surface area contributed by atoms with Crippen LogP contribution in [-0.4, -0.2) is 43.8 Å². The standard InChI is InChI=1S/C19H15N3O2.C2H2O4/c1-23-15-6-7-17-16(12-15)21-19(8-5-14-9-11-24-13-14)22(17)18-4-2-3-10-20-18;3-1(4)2(5)6/h2-13H,1H3;(H,3,4)(H,5,6). The number of rotatable bonds is 4. The van der Waals surface area contributed by atoms with Crippen LogP contribution in [0.2, 0.25) is 0 Å². The molecule has 4 aromatic rings. The molecule has 0 saturated carbocycles. The molecule has 0 fully saturated rings. The molecule has 9 nitrogen and oxygen atoms in total. The molecule has 2 N–H and O–H groups in total. The van der Waals surface area contributed by atoms with Crippen molar-refractivity contribution in [1.29, 1.82) is 0 Å². The number of aliphatic carboxylic acids is 2. The average molecular weight is 407 g/mol. The van der Waals surface area contributed by atoms with Gasteiger partial charge < -0.3 is 19.4 Å². The highest BCUT2D eigenvalue weighted by Gasteiger charge is 2.12. The zero-order valence-corrected chi connectivity index (χ0v) is 15.8. The van der Waals surface area contributed by atoms with Gasteiger partial charge in [-0.1, -0.05) is 6.07 Å². The second-order valence-corrected chi connectivity index (χ2v) is 5.85. The molecule has 0 saturated heterocycles. The molecular weight excluding hydrogens is 390 g/mol. The molecule has 0 amide bonds. The smallest absolute Gasteiger partial charge is 0.414 e. The molecule has 0 aliphatic heterocycles. The summed E-state index contributed by atoms with van der Waals surface area (Å²) in [5.41, 5.74) is 2.81. The SMILES string of the molecule is COc1ccc2c(c1)nc(C=Cc1ccoc1)n2-c1ccccn1.O=C(O)C(=O)O. The summed E-state index contributed by atoms with van der Waals surface area (Å²) in [4.78, 5) is 27.4. The van der Waals surface area contributed by atoms with Crippen molar-refractivity contribution in [2.75, 3.05) is 7.11 Å². The van der Waals surface area contributed by atoms with Gasteiger partial charge >= 0.3 is 11.9 Å². The molecule has 4 rings (SSSR count). The van der Waals surface area contributed by atoms with Crippen LogP contribution < -0.4 is 4.74 Å². The molecule has 0 spiro atoms. The Morgan fingerprint density at radius 3 is 2.50 bits per heavy atom. The van der Waals surface area contributed by atoms with E-state index in [2.05, 4.69) is 4.98 Å². The number of aromatic nitrogens is 3. The summed E-state index contributed by atoms with van der Waals surface area (Å²) in [6.07, 6.45) is 9.02. The molecule has 0 unspecified atom stereocenters. The molecule has 3 aromatic heterocycles. The van der Waals surface area contributed by atoms with E-state index in [1.165, 1.54) is 0 Å². The van der Waals surface area contributed by atoms with Crippen molar-refractivity contribution < 1.29 is 29.0 Å². The van der Waals surface area contributed by atoms with Crippen molar-refractivity contribution in [2.24, 2.45) is 0 Å². The van der Waals surface area contributed by atoms with Gasteiger partial charge in [-0.2, -0.15) is 0 Å². The van der Waals surface area contributed by atoms with Crippen molar-refractivity contribution in [3.05, 3.63) is 72.6 Å². The van der Waals surface area contributed by atoms with E-state index >= 15 is 0 Å². The van der Waals surface area contributed by atoms with E-state index in [-0.39, 0.29) is 0 Å². The van der Waals surface area contributed by atoms with Gasteiger partial charge in [0.2, 0.25) is 0 Å². The summed E-state index contributed by atoms with van der Waals surface area (Å²) in [6, 6.07) is 13.5. The summed E-state index contributed by atoms with van der Waals surface area (Å²) < 4.78 is 12.4. The fourth-order valence-corrected chi connectivity index (χ4v) is 2.58. The predicted octanol–water partition coefficient (Wildman–Crippen LogP) is 3.35. The zero-order chi connectivity index (χ0) is 21.5. The molecule has 152 valence electrons. The number of pyridine rings is 1. The van der Waals surface area contributed by atoms with Crippen molar-refractivity contribution in [3.8, 4) is 11.6 Å². The number of carboxylic acids is 2. The monoisotopic (exact) mass is 407 g/mol. The third-order valence-electron chi connectivity index (χ3n) is 3.92. The summed E-state index contributed by atoms with van der Waals surface area (Å²) in [6.45, 7) is 0. The molecule has 3 heterocycles. The third-order valence-corrected chi connectivity index (χ3v) is 3.92. The lowest BCUT2D eigenvalue weighted by molar-refractivity contribution is -0.159. The van der Waals surface area contributed by atoms with E-state index in [9.17, 15) is 0 Å². The topological polar surface area (TPSA) is 128 Å². The summed E-state index contributed by atoms with van der Waals surface area (Å²) in [7, 11) is 1.65. The Morgan fingerprint density at radius 1 is 1.10 bits per heavy atom. The van der Waals surface area contributed by atoms with Crippen LogP contribution in [0.4, 0.5) is 0 Å². The number of furan rings is 1. The first-order chi connectivity index (χ1) is 14.5. The van der Waals surface area contributed by atoms with Crippen LogP contribution >= 0.6 is 0 Å². The van der Waals surface area contributed by atoms with Gasteiger partial charge in [-0.15, -0.1) is 0 Å². The van der Waals surface area contributed by atoms with Gasteiger partial charge in [0.1, 0.15) is 17.4 Å². The van der Waals surface area contributed by atoms with E-state index in [0.717, 1.165) is 34.0 Å². The Balaban J connectivity index is 0.000000377. The highest BCUT2D eigenvalue weighted by Crippen LogP contribution is 2.25. The van der Waals surface area contributed by atoms with Gasteiger partial charge in [0, 0.05) is 17.8 Å². The number of ether oxygens (including phenoxy) is 1. The Bertz CT molecular complexity index is 1170. The lowest BCUT2D eigenvalue weighted by Crippen LogP contribution is -2.09. The maximum absolute atomic E-state index is 9.10. The molecule has 1 aromatic carbocycles. The molecule has 9 heteroatoms. The molecule has 0 bridgehead atoms. The number of methoxy groups -OCH3 is 1. The summed E-state index contributed by atoms with van der Waals surface area (Å²) in [5.74, 6) is -1.27. The van der Waals surface area contributed by atoms with Crippen LogP contribution in [0.5, 0.6) is 5.75 Å². The normalized spacial score (nSPS) is 10.6. The van der Waals surface area contributed by atoms with Crippen molar-refractivity contribution in [3.63, 3.8) is 0 Å². The van der Waals surface area contributed by atoms with Gasteiger partial charge in [-0.3, -0.25) is 4.57 Å². The van der Waals surface area contributed by atoms with Crippen molar-refractivity contribution in [2.45, 2.75) is 0 Å². The first-order valence-electron chi connectivity index (χ1n) is 8.64. The van der Waals surface area contributed by atoms with Crippen LogP contribution in [0.25, 0.3) is 29.0 Å². The second kappa shape index (κ2) is 9.20. The van der Waals surface area contributed by atoms with Gasteiger partial charge in [0.05, 0.1) is 30.7 Å². The molecule has 0 atom stereocenters. The summed E-state index contributed by atoms with van der Waals surface area (Å²) >= 11 is 0. The number of hydrogen-bond donors (Lipinski definition) is 2. The first-order valence-corrected chi connectivity index (χ1v) is 8.64. The van der Waals surface area contributed by atoms with Crippen LogP contribution in [-0.2, 0) is 9.59 Å². The molecule has 30 heavy (non-hydrogen) atoms. The molecule has 0 aliphatic carbocycles.